The third-order valence-electron chi connectivity index (χ3n) is 3.25. The van der Waals surface area contributed by atoms with Crippen LogP contribution in [0.2, 0.25) is 5.02 Å². The maximum Gasteiger partial charge on any atom is 0.255 e. The maximum absolute atomic E-state index is 12.3. The van der Waals surface area contributed by atoms with Crippen molar-refractivity contribution in [3.8, 4) is 0 Å². The summed E-state index contributed by atoms with van der Waals surface area (Å²) in [5.74, 6) is -0.479. The number of rotatable bonds is 5. The number of thioether (sulfide) groups is 1. The molecule has 0 atom stereocenters. The van der Waals surface area contributed by atoms with E-state index >= 15 is 0 Å². The molecule has 0 saturated carbocycles. The Hall–Kier alpha value is -1.98. The molecule has 0 unspecified atom stereocenters. The number of anilines is 1. The molecule has 24 heavy (non-hydrogen) atoms. The Bertz CT molecular complexity index is 745. The summed E-state index contributed by atoms with van der Waals surface area (Å²) in [6.45, 7) is 3.77. The van der Waals surface area contributed by atoms with Crippen LogP contribution in [0.1, 0.15) is 34.6 Å². The van der Waals surface area contributed by atoms with Crippen LogP contribution in [0.3, 0.4) is 0 Å². The van der Waals surface area contributed by atoms with E-state index in [1.807, 2.05) is 32.2 Å². The van der Waals surface area contributed by atoms with Crippen LogP contribution in [0.25, 0.3) is 0 Å². The van der Waals surface area contributed by atoms with Gasteiger partial charge in [0.05, 0.1) is 10.7 Å². The van der Waals surface area contributed by atoms with Gasteiger partial charge in [-0.1, -0.05) is 11.6 Å². The van der Waals surface area contributed by atoms with Crippen molar-refractivity contribution in [2.75, 3.05) is 11.6 Å². The summed E-state index contributed by atoms with van der Waals surface area (Å²) >= 11 is 7.74. The van der Waals surface area contributed by atoms with Gasteiger partial charge in [0.15, 0.2) is 0 Å². The van der Waals surface area contributed by atoms with Gasteiger partial charge in [0.1, 0.15) is 0 Å². The third kappa shape index (κ3) is 4.76. The largest absolute Gasteiger partial charge is 0.350 e. The molecule has 0 aromatic heterocycles. The molecule has 2 N–H and O–H groups in total. The standard InChI is InChI=1S/C18H19ClN2O2S/c1-11(2)20-18(23)13-6-9-15(19)16(10-13)21-17(22)12-4-7-14(24-3)8-5-12/h4-11H,1-3H3,(H,20,23)(H,21,22). The smallest absolute Gasteiger partial charge is 0.255 e. The van der Waals surface area contributed by atoms with Gasteiger partial charge in [0.25, 0.3) is 11.8 Å². The van der Waals surface area contributed by atoms with Crippen molar-refractivity contribution >= 4 is 40.9 Å². The van der Waals surface area contributed by atoms with Crippen molar-refractivity contribution in [3.05, 3.63) is 58.6 Å². The number of amides is 2. The van der Waals surface area contributed by atoms with Crippen molar-refractivity contribution in [1.82, 2.24) is 5.32 Å². The molecule has 0 aliphatic heterocycles. The van der Waals surface area contributed by atoms with Crippen molar-refractivity contribution in [2.24, 2.45) is 0 Å². The van der Waals surface area contributed by atoms with Gasteiger partial charge >= 0.3 is 0 Å². The molecule has 6 heteroatoms. The molecule has 0 spiro atoms. The van der Waals surface area contributed by atoms with Gasteiger partial charge in [-0.2, -0.15) is 0 Å². The fraction of sp³-hybridized carbons (Fsp3) is 0.222. The molecule has 2 aromatic rings. The molecule has 4 nitrogen and oxygen atoms in total. The first-order valence-electron chi connectivity index (χ1n) is 7.46. The van der Waals surface area contributed by atoms with Crippen LogP contribution in [0.4, 0.5) is 5.69 Å². The van der Waals surface area contributed by atoms with Gasteiger partial charge in [-0.25, -0.2) is 0 Å². The summed E-state index contributed by atoms with van der Waals surface area (Å²) in [4.78, 5) is 25.5. The second-order valence-corrected chi connectivity index (χ2v) is 6.79. The van der Waals surface area contributed by atoms with E-state index in [1.54, 1.807) is 42.1 Å². The minimum Gasteiger partial charge on any atom is -0.350 e. The summed E-state index contributed by atoms with van der Waals surface area (Å²) in [5, 5.41) is 5.94. The molecule has 0 radical (unpaired) electrons. The fourth-order valence-electron chi connectivity index (χ4n) is 2.04. The highest BCUT2D eigenvalue weighted by atomic mass is 35.5. The highest BCUT2D eigenvalue weighted by Crippen LogP contribution is 2.24. The SMILES string of the molecule is CSc1ccc(C(=O)Nc2cc(C(=O)NC(C)C)ccc2Cl)cc1. The number of halogens is 1. The van der Waals surface area contributed by atoms with E-state index in [9.17, 15) is 9.59 Å². The minimum absolute atomic E-state index is 0.0289. The first-order valence-corrected chi connectivity index (χ1v) is 9.07. The van der Waals surface area contributed by atoms with E-state index in [0.717, 1.165) is 4.90 Å². The number of carbonyl (C=O) groups excluding carboxylic acids is 2. The summed E-state index contributed by atoms with van der Waals surface area (Å²) in [6.07, 6.45) is 1.97. The quantitative estimate of drug-likeness (QED) is 0.772. The van der Waals surface area contributed by atoms with Crippen LogP contribution in [0.15, 0.2) is 47.4 Å². The Labute approximate surface area is 151 Å². The molecule has 0 aliphatic rings. The molecule has 126 valence electrons. The van der Waals surface area contributed by atoms with Crippen LogP contribution in [-0.2, 0) is 0 Å². The maximum atomic E-state index is 12.3. The lowest BCUT2D eigenvalue weighted by atomic mass is 10.1. The molecule has 0 saturated heterocycles. The van der Waals surface area contributed by atoms with E-state index in [1.165, 1.54) is 0 Å². The van der Waals surface area contributed by atoms with Gasteiger partial charge in [0, 0.05) is 22.1 Å². The number of hydrogen-bond donors (Lipinski definition) is 2. The van der Waals surface area contributed by atoms with Crippen LogP contribution >= 0.6 is 23.4 Å². The second kappa shape index (κ2) is 8.22. The predicted molar refractivity (Wildman–Crippen MR) is 100 cm³/mol. The first kappa shape index (κ1) is 18.4. The molecule has 2 amide bonds. The highest BCUT2D eigenvalue weighted by molar-refractivity contribution is 7.98. The summed E-state index contributed by atoms with van der Waals surface area (Å²) in [6, 6.07) is 12.1. The Morgan fingerprint density at radius 1 is 1.00 bits per heavy atom. The Morgan fingerprint density at radius 2 is 1.62 bits per heavy atom. The van der Waals surface area contributed by atoms with Crippen LogP contribution in [0.5, 0.6) is 0 Å². The zero-order chi connectivity index (χ0) is 17.7. The first-order chi connectivity index (χ1) is 11.4. The highest BCUT2D eigenvalue weighted by Gasteiger charge is 2.13. The Morgan fingerprint density at radius 3 is 2.21 bits per heavy atom. The monoisotopic (exact) mass is 362 g/mol. The lowest BCUT2D eigenvalue weighted by Crippen LogP contribution is -2.30. The molecule has 0 heterocycles. The molecule has 0 fully saturated rings. The van der Waals surface area contributed by atoms with Crippen molar-refractivity contribution in [1.29, 1.82) is 0 Å². The topological polar surface area (TPSA) is 58.2 Å². The lowest BCUT2D eigenvalue weighted by Gasteiger charge is -2.12. The number of carbonyl (C=O) groups is 2. The van der Waals surface area contributed by atoms with Crippen molar-refractivity contribution < 1.29 is 9.59 Å². The molecule has 0 bridgehead atoms. The predicted octanol–water partition coefficient (Wildman–Crippen LogP) is 4.45. The minimum atomic E-state index is -0.272. The summed E-state index contributed by atoms with van der Waals surface area (Å²) in [7, 11) is 0. The van der Waals surface area contributed by atoms with Crippen LogP contribution in [-0.4, -0.2) is 24.1 Å². The lowest BCUT2D eigenvalue weighted by molar-refractivity contribution is 0.0942. The van der Waals surface area contributed by atoms with Crippen LogP contribution in [0, 0.1) is 0 Å². The van der Waals surface area contributed by atoms with E-state index in [4.69, 9.17) is 11.6 Å². The zero-order valence-electron chi connectivity index (χ0n) is 13.7. The van der Waals surface area contributed by atoms with Gasteiger partial charge in [-0.3, -0.25) is 9.59 Å². The summed E-state index contributed by atoms with van der Waals surface area (Å²) < 4.78 is 0. The van der Waals surface area contributed by atoms with Crippen LogP contribution < -0.4 is 10.6 Å². The molecular formula is C18H19ClN2O2S. The van der Waals surface area contributed by atoms with Gasteiger partial charge in [-0.15, -0.1) is 11.8 Å². The number of nitrogens with one attached hydrogen (secondary N) is 2. The third-order valence-corrected chi connectivity index (χ3v) is 4.32. The second-order valence-electron chi connectivity index (χ2n) is 5.51. The van der Waals surface area contributed by atoms with Gasteiger partial charge < -0.3 is 10.6 Å². The Balaban J connectivity index is 2.18. The molecular weight excluding hydrogens is 344 g/mol. The summed E-state index contributed by atoms with van der Waals surface area (Å²) in [5.41, 5.74) is 1.38. The molecule has 2 aromatic carbocycles. The number of benzene rings is 2. The van der Waals surface area contributed by atoms with E-state index in [2.05, 4.69) is 10.6 Å². The Kier molecular flexibility index (Phi) is 6.29. The average Bonchev–Trinajstić information content (AvgIpc) is 2.56. The van der Waals surface area contributed by atoms with E-state index in [0.29, 0.717) is 21.8 Å². The molecule has 2 rings (SSSR count). The van der Waals surface area contributed by atoms with Gasteiger partial charge in [-0.05, 0) is 62.6 Å². The average molecular weight is 363 g/mol. The van der Waals surface area contributed by atoms with Crippen molar-refractivity contribution in [2.45, 2.75) is 24.8 Å². The van der Waals surface area contributed by atoms with Crippen molar-refractivity contribution in [3.63, 3.8) is 0 Å². The fourth-order valence-corrected chi connectivity index (χ4v) is 2.62. The van der Waals surface area contributed by atoms with Gasteiger partial charge in [0.2, 0.25) is 0 Å². The van der Waals surface area contributed by atoms with E-state index in [-0.39, 0.29) is 17.9 Å². The number of hydrogen-bond acceptors (Lipinski definition) is 3. The normalized spacial score (nSPS) is 10.5. The zero-order valence-corrected chi connectivity index (χ0v) is 15.3. The van der Waals surface area contributed by atoms with E-state index < -0.39 is 0 Å². The molecule has 0 aliphatic carbocycles.